The van der Waals surface area contributed by atoms with Gasteiger partial charge in [-0.05, 0) is 43.9 Å². The molecule has 152 valence electrons. The molecule has 7 nitrogen and oxygen atoms in total. The molecular formula is C22H26N4O3. The highest BCUT2D eigenvalue weighted by atomic mass is 16.5. The number of anilines is 1. The SMILES string of the molecule is CCC(C)c1ccccc1NC(=O)C(C)OC(=O)c1cnc2c(c1)c(C)nn2C. The third-order valence-electron chi connectivity index (χ3n) is 5.11. The Morgan fingerprint density at radius 3 is 2.69 bits per heavy atom. The molecule has 0 fully saturated rings. The van der Waals surface area contributed by atoms with Crippen molar-refractivity contribution >= 4 is 28.6 Å². The highest BCUT2D eigenvalue weighted by Crippen LogP contribution is 2.26. The molecule has 2 heterocycles. The first-order valence-electron chi connectivity index (χ1n) is 9.72. The van der Waals surface area contributed by atoms with E-state index in [1.165, 1.54) is 6.20 Å². The molecule has 1 aromatic carbocycles. The average molecular weight is 394 g/mol. The van der Waals surface area contributed by atoms with E-state index in [-0.39, 0.29) is 11.5 Å². The summed E-state index contributed by atoms with van der Waals surface area (Å²) >= 11 is 0. The Labute approximate surface area is 170 Å². The van der Waals surface area contributed by atoms with Crippen LogP contribution in [0.1, 0.15) is 54.7 Å². The van der Waals surface area contributed by atoms with Gasteiger partial charge < -0.3 is 10.1 Å². The molecule has 2 unspecified atom stereocenters. The zero-order valence-electron chi connectivity index (χ0n) is 17.4. The van der Waals surface area contributed by atoms with E-state index in [1.54, 1.807) is 24.7 Å². The lowest BCUT2D eigenvalue weighted by Crippen LogP contribution is -2.30. The number of rotatable bonds is 6. The van der Waals surface area contributed by atoms with Gasteiger partial charge in [0.05, 0.1) is 11.3 Å². The van der Waals surface area contributed by atoms with Crippen LogP contribution in [0.15, 0.2) is 36.5 Å². The molecule has 0 radical (unpaired) electrons. The zero-order valence-corrected chi connectivity index (χ0v) is 17.4. The summed E-state index contributed by atoms with van der Waals surface area (Å²) in [7, 11) is 1.80. The van der Waals surface area contributed by atoms with Gasteiger partial charge in [0.1, 0.15) is 0 Å². The summed E-state index contributed by atoms with van der Waals surface area (Å²) in [5.41, 5.74) is 3.55. The monoisotopic (exact) mass is 394 g/mol. The van der Waals surface area contributed by atoms with Crippen LogP contribution in [0.3, 0.4) is 0 Å². The van der Waals surface area contributed by atoms with Gasteiger partial charge in [-0.2, -0.15) is 5.10 Å². The van der Waals surface area contributed by atoms with E-state index < -0.39 is 12.1 Å². The van der Waals surface area contributed by atoms with Crippen LogP contribution in [0.4, 0.5) is 5.69 Å². The van der Waals surface area contributed by atoms with E-state index >= 15 is 0 Å². The summed E-state index contributed by atoms with van der Waals surface area (Å²) in [6.07, 6.45) is 1.45. The van der Waals surface area contributed by atoms with Crippen molar-refractivity contribution in [2.75, 3.05) is 5.32 Å². The summed E-state index contributed by atoms with van der Waals surface area (Å²) in [6.45, 7) is 7.62. The molecule has 0 aliphatic carbocycles. The predicted molar refractivity (Wildman–Crippen MR) is 112 cm³/mol. The van der Waals surface area contributed by atoms with Crippen molar-refractivity contribution in [3.05, 3.63) is 53.3 Å². The van der Waals surface area contributed by atoms with Gasteiger partial charge in [0.15, 0.2) is 11.8 Å². The second kappa shape index (κ2) is 8.43. The topological polar surface area (TPSA) is 86.1 Å². The van der Waals surface area contributed by atoms with E-state index in [1.807, 2.05) is 31.2 Å². The van der Waals surface area contributed by atoms with Gasteiger partial charge in [-0.15, -0.1) is 0 Å². The first-order chi connectivity index (χ1) is 13.8. The minimum absolute atomic E-state index is 0.285. The summed E-state index contributed by atoms with van der Waals surface area (Å²) in [6, 6.07) is 9.36. The van der Waals surface area contributed by atoms with Gasteiger partial charge in [0.2, 0.25) is 0 Å². The normalized spacial score (nSPS) is 13.1. The third-order valence-corrected chi connectivity index (χ3v) is 5.11. The number of ether oxygens (including phenoxy) is 1. The van der Waals surface area contributed by atoms with Crippen LogP contribution in [-0.4, -0.2) is 32.7 Å². The number of aryl methyl sites for hydroxylation is 2. The number of hydrogen-bond acceptors (Lipinski definition) is 5. The lowest BCUT2D eigenvalue weighted by molar-refractivity contribution is -0.123. The molecule has 0 aliphatic rings. The number of fused-ring (bicyclic) bond motifs is 1. The van der Waals surface area contributed by atoms with Crippen molar-refractivity contribution < 1.29 is 14.3 Å². The molecule has 2 atom stereocenters. The van der Waals surface area contributed by atoms with Gasteiger partial charge in [0, 0.05) is 24.3 Å². The molecular weight excluding hydrogens is 368 g/mol. The second-order valence-corrected chi connectivity index (χ2v) is 7.24. The third kappa shape index (κ3) is 4.29. The van der Waals surface area contributed by atoms with Gasteiger partial charge in [-0.3, -0.25) is 9.48 Å². The number of carbonyl (C=O) groups excluding carboxylic acids is 2. The lowest BCUT2D eigenvalue weighted by atomic mass is 9.97. The molecule has 0 bridgehead atoms. The van der Waals surface area contributed by atoms with Gasteiger partial charge in [-0.25, -0.2) is 9.78 Å². The van der Waals surface area contributed by atoms with Crippen molar-refractivity contribution in [3.8, 4) is 0 Å². The Hall–Kier alpha value is -3.22. The predicted octanol–water partition coefficient (Wildman–Crippen LogP) is 3.97. The summed E-state index contributed by atoms with van der Waals surface area (Å²) in [4.78, 5) is 29.4. The largest absolute Gasteiger partial charge is 0.449 e. The smallest absolute Gasteiger partial charge is 0.340 e. The van der Waals surface area contributed by atoms with Crippen molar-refractivity contribution in [1.29, 1.82) is 0 Å². The molecule has 3 rings (SSSR count). The van der Waals surface area contributed by atoms with E-state index in [9.17, 15) is 9.59 Å². The number of nitrogens with zero attached hydrogens (tertiary/aromatic N) is 3. The maximum atomic E-state index is 12.6. The molecule has 0 spiro atoms. The molecule has 0 aliphatic heterocycles. The maximum absolute atomic E-state index is 12.6. The number of aromatic nitrogens is 3. The number of esters is 1. The first-order valence-corrected chi connectivity index (χ1v) is 9.72. The number of nitrogens with one attached hydrogen (secondary N) is 1. The zero-order chi connectivity index (χ0) is 21.1. The summed E-state index contributed by atoms with van der Waals surface area (Å²) in [5, 5.41) is 7.95. The van der Waals surface area contributed by atoms with Crippen LogP contribution >= 0.6 is 0 Å². The molecule has 0 saturated heterocycles. The number of hydrogen-bond donors (Lipinski definition) is 1. The summed E-state index contributed by atoms with van der Waals surface area (Å²) < 4.78 is 7.03. The number of pyridine rings is 1. The molecule has 2 aromatic heterocycles. The highest BCUT2D eigenvalue weighted by Gasteiger charge is 2.21. The molecule has 1 N–H and O–H groups in total. The van der Waals surface area contributed by atoms with Crippen LogP contribution in [-0.2, 0) is 16.6 Å². The second-order valence-electron chi connectivity index (χ2n) is 7.24. The Bertz CT molecular complexity index is 1060. The molecule has 3 aromatic rings. The van der Waals surface area contributed by atoms with Gasteiger partial charge >= 0.3 is 5.97 Å². The Morgan fingerprint density at radius 1 is 1.24 bits per heavy atom. The Balaban J connectivity index is 1.71. The van der Waals surface area contributed by atoms with E-state index in [0.29, 0.717) is 11.6 Å². The fourth-order valence-electron chi connectivity index (χ4n) is 3.20. The number of benzene rings is 1. The van der Waals surface area contributed by atoms with E-state index in [4.69, 9.17) is 4.74 Å². The number of para-hydroxylation sites is 1. The first kappa shape index (κ1) is 20.5. The summed E-state index contributed by atoms with van der Waals surface area (Å²) in [5.74, 6) is -0.661. The Kier molecular flexibility index (Phi) is 5.96. The minimum Gasteiger partial charge on any atom is -0.449 e. The standard InChI is InChI=1S/C22H26N4O3/c1-6-13(2)17-9-7-8-10-19(17)24-21(27)15(4)29-22(28)16-11-18-14(3)25-26(5)20(18)23-12-16/h7-13,15H,6H2,1-5H3,(H,24,27). The van der Waals surface area contributed by atoms with Crippen molar-refractivity contribution in [2.24, 2.45) is 7.05 Å². The lowest BCUT2D eigenvalue weighted by Gasteiger charge is -2.18. The van der Waals surface area contributed by atoms with Gasteiger partial charge in [0.25, 0.3) is 5.91 Å². The molecule has 29 heavy (non-hydrogen) atoms. The minimum atomic E-state index is -0.946. The highest BCUT2D eigenvalue weighted by molar-refractivity contribution is 5.98. The van der Waals surface area contributed by atoms with Crippen LogP contribution in [0, 0.1) is 6.92 Å². The van der Waals surface area contributed by atoms with Crippen LogP contribution in [0.25, 0.3) is 11.0 Å². The van der Waals surface area contributed by atoms with Crippen LogP contribution in [0.5, 0.6) is 0 Å². The maximum Gasteiger partial charge on any atom is 0.340 e. The molecule has 1 amide bonds. The van der Waals surface area contributed by atoms with Crippen molar-refractivity contribution in [3.63, 3.8) is 0 Å². The molecule has 7 heteroatoms. The van der Waals surface area contributed by atoms with E-state index in [0.717, 1.165) is 28.8 Å². The average Bonchev–Trinajstić information content (AvgIpc) is 3.00. The fraction of sp³-hybridized carbons (Fsp3) is 0.364. The fourth-order valence-corrected chi connectivity index (χ4v) is 3.20. The van der Waals surface area contributed by atoms with Gasteiger partial charge in [-0.1, -0.05) is 32.0 Å². The van der Waals surface area contributed by atoms with Crippen LogP contribution in [0.2, 0.25) is 0 Å². The van der Waals surface area contributed by atoms with Crippen LogP contribution < -0.4 is 5.32 Å². The molecule has 0 saturated carbocycles. The van der Waals surface area contributed by atoms with Crippen molar-refractivity contribution in [2.45, 2.75) is 46.1 Å². The van der Waals surface area contributed by atoms with E-state index in [2.05, 4.69) is 29.2 Å². The van der Waals surface area contributed by atoms with Crippen molar-refractivity contribution in [1.82, 2.24) is 14.8 Å². The number of carbonyl (C=O) groups is 2. The quantitative estimate of drug-likeness (QED) is 0.639. The number of amides is 1. The Morgan fingerprint density at radius 2 is 1.97 bits per heavy atom.